The predicted molar refractivity (Wildman–Crippen MR) is 86.3 cm³/mol. The van der Waals surface area contributed by atoms with Gasteiger partial charge in [-0.25, -0.2) is 4.68 Å². The summed E-state index contributed by atoms with van der Waals surface area (Å²) in [5, 5.41) is 0.0549. The average molecular weight is 326 g/mol. The van der Waals surface area contributed by atoms with Crippen LogP contribution in [0.25, 0.3) is 10.9 Å². The van der Waals surface area contributed by atoms with Gasteiger partial charge in [0, 0.05) is 18.0 Å². The smallest absolute Gasteiger partial charge is 0.322 e. The van der Waals surface area contributed by atoms with Crippen molar-refractivity contribution in [2.24, 2.45) is 5.92 Å². The highest BCUT2D eigenvalue weighted by Gasteiger charge is 2.34. The summed E-state index contributed by atoms with van der Waals surface area (Å²) in [6.07, 6.45) is -3.01. The molecule has 0 bridgehead atoms. The summed E-state index contributed by atoms with van der Waals surface area (Å²) in [7, 11) is 0. The molecule has 0 aliphatic rings. The second-order valence-electron chi connectivity index (χ2n) is 6.09. The lowest BCUT2D eigenvalue weighted by molar-refractivity contribution is -0.136. The van der Waals surface area contributed by atoms with Crippen LogP contribution in [0.1, 0.15) is 38.3 Å². The normalized spacial score (nSPS) is 12.1. The van der Waals surface area contributed by atoms with E-state index < -0.39 is 17.3 Å². The van der Waals surface area contributed by atoms with E-state index in [0.29, 0.717) is 19.0 Å². The first-order valence-electron chi connectivity index (χ1n) is 7.73. The molecule has 1 aromatic heterocycles. The van der Waals surface area contributed by atoms with E-state index in [-0.39, 0.29) is 16.8 Å². The van der Waals surface area contributed by atoms with E-state index in [1.165, 1.54) is 10.7 Å². The van der Waals surface area contributed by atoms with Crippen molar-refractivity contribution < 1.29 is 13.2 Å². The maximum absolute atomic E-state index is 13.3. The highest BCUT2D eigenvalue weighted by Crippen LogP contribution is 2.34. The van der Waals surface area contributed by atoms with Crippen LogP contribution in [0.5, 0.6) is 0 Å². The fourth-order valence-corrected chi connectivity index (χ4v) is 2.49. The Hall–Kier alpha value is -1.98. The molecule has 6 heteroatoms. The summed E-state index contributed by atoms with van der Waals surface area (Å²) >= 11 is 0. The number of aromatic nitrogens is 1. The van der Waals surface area contributed by atoms with Crippen molar-refractivity contribution in [3.63, 3.8) is 0 Å². The van der Waals surface area contributed by atoms with Gasteiger partial charge in [-0.2, -0.15) is 13.2 Å². The molecule has 0 aliphatic carbocycles. The molecule has 0 radical (unpaired) electrons. The van der Waals surface area contributed by atoms with Crippen molar-refractivity contribution in [2.75, 3.05) is 12.0 Å². The summed E-state index contributed by atoms with van der Waals surface area (Å²) in [6, 6.07) is 5.57. The molecule has 0 aliphatic heterocycles. The third-order valence-electron chi connectivity index (χ3n) is 3.58. The van der Waals surface area contributed by atoms with E-state index in [0.717, 1.165) is 12.0 Å². The highest BCUT2D eigenvalue weighted by atomic mass is 19.4. The lowest BCUT2D eigenvalue weighted by Gasteiger charge is -2.18. The highest BCUT2D eigenvalue weighted by molar-refractivity contribution is 5.84. The van der Waals surface area contributed by atoms with Crippen molar-refractivity contribution in [2.45, 2.75) is 39.8 Å². The van der Waals surface area contributed by atoms with Gasteiger partial charge in [0.05, 0.1) is 11.1 Å². The van der Waals surface area contributed by atoms with Crippen LogP contribution >= 0.6 is 0 Å². The largest absolute Gasteiger partial charge is 0.417 e. The van der Waals surface area contributed by atoms with Crippen LogP contribution in [-0.2, 0) is 12.6 Å². The monoisotopic (exact) mass is 326 g/mol. The number of rotatable bonds is 5. The molecule has 3 nitrogen and oxygen atoms in total. The van der Waals surface area contributed by atoms with E-state index in [1.807, 2.05) is 20.8 Å². The molecule has 0 amide bonds. The molecule has 1 heterocycles. The molecule has 126 valence electrons. The van der Waals surface area contributed by atoms with Gasteiger partial charge in [0.2, 0.25) is 0 Å². The molecule has 0 atom stereocenters. The quantitative estimate of drug-likeness (QED) is 0.895. The van der Waals surface area contributed by atoms with Gasteiger partial charge < -0.3 is 5.43 Å². The molecule has 0 spiro atoms. The Kier molecular flexibility index (Phi) is 5.02. The Balaban J connectivity index is 2.70. The average Bonchev–Trinajstić information content (AvgIpc) is 2.44. The first kappa shape index (κ1) is 17.4. The molecular formula is C17H21F3N2O. The first-order chi connectivity index (χ1) is 10.7. The molecule has 2 aromatic rings. The number of nitrogens with zero attached hydrogens (tertiary/aromatic N) is 1. The minimum atomic E-state index is -4.56. The Bertz CT molecular complexity index is 748. The second-order valence-corrected chi connectivity index (χ2v) is 6.09. The van der Waals surface area contributed by atoms with Gasteiger partial charge in [0.15, 0.2) is 0 Å². The summed E-state index contributed by atoms with van der Waals surface area (Å²) in [6.45, 7) is 6.39. The van der Waals surface area contributed by atoms with Gasteiger partial charge in [-0.1, -0.05) is 33.3 Å². The van der Waals surface area contributed by atoms with E-state index in [4.69, 9.17) is 0 Å². The topological polar surface area (TPSA) is 34.0 Å². The molecule has 0 saturated heterocycles. The SMILES string of the molecule is CCCc1ccc2c(c1)c(C(F)(F)F)cc(=O)n2NCC(C)C. The van der Waals surface area contributed by atoms with Crippen LogP contribution in [0, 0.1) is 5.92 Å². The van der Waals surface area contributed by atoms with Crippen molar-refractivity contribution >= 4 is 10.9 Å². The van der Waals surface area contributed by atoms with Crippen LogP contribution in [0.4, 0.5) is 13.2 Å². The fourth-order valence-electron chi connectivity index (χ4n) is 2.49. The molecule has 0 unspecified atom stereocenters. The summed E-state index contributed by atoms with van der Waals surface area (Å²) < 4.78 is 41.1. The number of alkyl halides is 3. The van der Waals surface area contributed by atoms with Crippen LogP contribution in [0.2, 0.25) is 0 Å². The van der Waals surface area contributed by atoms with E-state index in [2.05, 4.69) is 5.43 Å². The zero-order chi connectivity index (χ0) is 17.2. The zero-order valence-electron chi connectivity index (χ0n) is 13.5. The number of benzene rings is 1. The fraction of sp³-hybridized carbons (Fsp3) is 0.471. The lowest BCUT2D eigenvalue weighted by Crippen LogP contribution is -2.32. The Labute approximate surface area is 133 Å². The van der Waals surface area contributed by atoms with Gasteiger partial charge in [-0.15, -0.1) is 0 Å². The number of halogens is 3. The van der Waals surface area contributed by atoms with E-state index in [1.54, 1.807) is 12.1 Å². The van der Waals surface area contributed by atoms with Crippen molar-refractivity contribution in [1.29, 1.82) is 0 Å². The minimum absolute atomic E-state index is 0.0549. The Morgan fingerprint density at radius 2 is 1.91 bits per heavy atom. The van der Waals surface area contributed by atoms with Crippen LogP contribution < -0.4 is 11.0 Å². The summed E-state index contributed by atoms with van der Waals surface area (Å²) in [4.78, 5) is 12.1. The Morgan fingerprint density at radius 3 is 2.48 bits per heavy atom. The van der Waals surface area contributed by atoms with E-state index >= 15 is 0 Å². The molecule has 0 saturated carbocycles. The van der Waals surface area contributed by atoms with Crippen LogP contribution in [0.3, 0.4) is 0 Å². The molecule has 2 rings (SSSR count). The van der Waals surface area contributed by atoms with Gasteiger partial charge in [-0.3, -0.25) is 4.79 Å². The third-order valence-corrected chi connectivity index (χ3v) is 3.58. The van der Waals surface area contributed by atoms with Gasteiger partial charge in [-0.05, 0) is 30.0 Å². The number of aryl methyl sites for hydroxylation is 1. The second kappa shape index (κ2) is 6.64. The van der Waals surface area contributed by atoms with Gasteiger partial charge >= 0.3 is 6.18 Å². The van der Waals surface area contributed by atoms with Gasteiger partial charge in [0.25, 0.3) is 5.56 Å². The number of nitrogens with one attached hydrogen (secondary N) is 1. The van der Waals surface area contributed by atoms with Gasteiger partial charge in [0.1, 0.15) is 0 Å². The van der Waals surface area contributed by atoms with Crippen molar-refractivity contribution in [3.8, 4) is 0 Å². The molecule has 0 fully saturated rings. The number of fused-ring (bicyclic) bond motifs is 1. The maximum Gasteiger partial charge on any atom is 0.417 e. The minimum Gasteiger partial charge on any atom is -0.322 e. The van der Waals surface area contributed by atoms with Crippen molar-refractivity contribution in [3.05, 3.63) is 45.7 Å². The predicted octanol–water partition coefficient (Wildman–Crippen LogP) is 4.17. The first-order valence-corrected chi connectivity index (χ1v) is 7.73. The molecule has 23 heavy (non-hydrogen) atoms. The third kappa shape index (κ3) is 3.86. The number of hydrogen-bond donors (Lipinski definition) is 1. The summed E-state index contributed by atoms with van der Waals surface area (Å²) in [5.41, 5.74) is 2.43. The van der Waals surface area contributed by atoms with E-state index in [9.17, 15) is 18.0 Å². The van der Waals surface area contributed by atoms with Crippen LogP contribution in [0.15, 0.2) is 29.1 Å². The number of hydrogen-bond acceptors (Lipinski definition) is 2. The summed E-state index contributed by atoms with van der Waals surface area (Å²) in [5.74, 6) is 0.263. The molecule has 1 aromatic carbocycles. The Morgan fingerprint density at radius 1 is 1.22 bits per heavy atom. The molecule has 1 N–H and O–H groups in total. The zero-order valence-corrected chi connectivity index (χ0v) is 13.5. The standard InChI is InChI=1S/C17H21F3N2O/c1-4-5-12-6-7-15-13(8-12)14(17(18,19)20)9-16(23)22(15)21-10-11(2)3/h6-9,11,21H,4-5,10H2,1-3H3. The van der Waals surface area contributed by atoms with Crippen LogP contribution in [-0.4, -0.2) is 11.2 Å². The lowest BCUT2D eigenvalue weighted by atomic mass is 10.0. The molecular weight excluding hydrogens is 305 g/mol. The van der Waals surface area contributed by atoms with Crippen molar-refractivity contribution in [1.82, 2.24) is 4.68 Å². The maximum atomic E-state index is 13.3. The number of pyridine rings is 1.